The Morgan fingerprint density at radius 3 is 2.36 bits per heavy atom. The molecule has 1 aliphatic carbocycles. The average molecular weight is 160 g/mol. The highest BCUT2D eigenvalue weighted by Crippen LogP contribution is 2.26. The summed E-state index contributed by atoms with van der Waals surface area (Å²) in [7, 11) is 0. The van der Waals surface area contributed by atoms with E-state index in [9.17, 15) is 0 Å². The minimum absolute atomic E-state index is 0.141. The summed E-state index contributed by atoms with van der Waals surface area (Å²) in [4.78, 5) is 4.99. The van der Waals surface area contributed by atoms with Gasteiger partial charge in [0.05, 0.1) is 12.2 Å². The molecule has 1 saturated carbocycles. The Hall–Kier alpha value is -0.160. The van der Waals surface area contributed by atoms with E-state index in [1.54, 1.807) is 0 Å². The lowest BCUT2D eigenvalue weighted by atomic mass is 9.92. The zero-order valence-corrected chi connectivity index (χ0v) is 7.04. The van der Waals surface area contributed by atoms with Crippen molar-refractivity contribution >= 4 is 0 Å². The van der Waals surface area contributed by atoms with Crippen LogP contribution in [-0.2, 0) is 9.57 Å². The molecule has 4 nitrogen and oxygen atoms in total. The van der Waals surface area contributed by atoms with Crippen molar-refractivity contribution in [1.29, 1.82) is 0 Å². The molecule has 0 radical (unpaired) electrons. The third-order valence-electron chi connectivity index (χ3n) is 1.82. The van der Waals surface area contributed by atoms with Crippen LogP contribution in [0.15, 0.2) is 0 Å². The van der Waals surface area contributed by atoms with Crippen molar-refractivity contribution in [3.05, 3.63) is 0 Å². The number of nitrogens with one attached hydrogen (secondary N) is 1. The van der Waals surface area contributed by atoms with Crippen molar-refractivity contribution in [1.82, 2.24) is 5.59 Å². The number of hydrogen-bond donors (Lipinski definition) is 2. The lowest BCUT2D eigenvalue weighted by molar-refractivity contribution is -0.171. The van der Waals surface area contributed by atoms with E-state index in [2.05, 4.69) is 5.59 Å². The van der Waals surface area contributed by atoms with Crippen LogP contribution in [-0.4, -0.2) is 18.3 Å². The highest BCUT2D eigenvalue weighted by molar-refractivity contribution is 4.82. The van der Waals surface area contributed by atoms with Crippen LogP contribution in [0.3, 0.4) is 0 Å². The Morgan fingerprint density at radius 1 is 1.36 bits per heavy atom. The van der Waals surface area contributed by atoms with E-state index in [0.29, 0.717) is 0 Å². The second-order valence-electron chi connectivity index (χ2n) is 3.07. The van der Waals surface area contributed by atoms with E-state index < -0.39 is 0 Å². The number of nitrogens with two attached hydrogens (primary N) is 1. The van der Waals surface area contributed by atoms with Gasteiger partial charge < -0.3 is 4.74 Å². The van der Waals surface area contributed by atoms with Crippen LogP contribution in [0, 0.1) is 0 Å². The Labute approximate surface area is 67.0 Å². The van der Waals surface area contributed by atoms with Gasteiger partial charge in [-0.2, -0.15) is 0 Å². The molecule has 0 aromatic rings. The summed E-state index contributed by atoms with van der Waals surface area (Å²) in [6, 6.07) is 0. The van der Waals surface area contributed by atoms with Gasteiger partial charge in [-0.15, -0.1) is 5.59 Å². The molecule has 11 heavy (non-hydrogen) atoms. The summed E-state index contributed by atoms with van der Waals surface area (Å²) in [6.45, 7) is 4.04. The van der Waals surface area contributed by atoms with Gasteiger partial charge in [-0.1, -0.05) is 0 Å². The minimum atomic E-state index is 0.141. The summed E-state index contributed by atoms with van der Waals surface area (Å²) >= 11 is 0. The van der Waals surface area contributed by atoms with Crippen LogP contribution in [0.5, 0.6) is 0 Å². The molecule has 2 atom stereocenters. The molecule has 4 heteroatoms. The lowest BCUT2D eigenvalue weighted by Gasteiger charge is -2.36. The van der Waals surface area contributed by atoms with E-state index in [-0.39, 0.29) is 18.3 Å². The van der Waals surface area contributed by atoms with E-state index in [1.165, 1.54) is 0 Å². The molecule has 1 rings (SSSR count). The van der Waals surface area contributed by atoms with E-state index in [0.717, 1.165) is 12.8 Å². The third-order valence-corrected chi connectivity index (χ3v) is 1.82. The second-order valence-corrected chi connectivity index (χ2v) is 3.07. The zero-order chi connectivity index (χ0) is 8.27. The topological polar surface area (TPSA) is 56.5 Å². The monoisotopic (exact) mass is 160 g/mol. The molecule has 0 saturated heterocycles. The molecule has 0 spiro atoms. The molecule has 0 unspecified atom stereocenters. The van der Waals surface area contributed by atoms with Gasteiger partial charge in [0, 0.05) is 0 Å². The number of hydrogen-bond acceptors (Lipinski definition) is 4. The maximum Gasteiger partial charge on any atom is 0.107 e. The molecule has 3 N–H and O–H groups in total. The fourth-order valence-corrected chi connectivity index (χ4v) is 1.17. The Kier molecular flexibility index (Phi) is 3.26. The first-order valence-corrected chi connectivity index (χ1v) is 4.00. The maximum absolute atomic E-state index is 5.53. The SMILES string of the molecule is CC(C)O[C@H]1CC[C@@H]1ONN. The van der Waals surface area contributed by atoms with Crippen molar-refractivity contribution in [3.63, 3.8) is 0 Å². The largest absolute Gasteiger partial charge is 0.373 e. The van der Waals surface area contributed by atoms with Gasteiger partial charge in [-0.3, -0.25) is 4.84 Å². The Bertz CT molecular complexity index is 119. The molecule has 0 aromatic heterocycles. The minimum Gasteiger partial charge on any atom is -0.373 e. The van der Waals surface area contributed by atoms with Crippen LogP contribution in [0.25, 0.3) is 0 Å². The van der Waals surface area contributed by atoms with Gasteiger partial charge >= 0.3 is 0 Å². The summed E-state index contributed by atoms with van der Waals surface area (Å²) in [6.07, 6.45) is 2.74. The van der Waals surface area contributed by atoms with Crippen molar-refractivity contribution in [2.45, 2.75) is 45.0 Å². The van der Waals surface area contributed by atoms with Crippen LogP contribution in [0.1, 0.15) is 26.7 Å². The maximum atomic E-state index is 5.53. The summed E-state index contributed by atoms with van der Waals surface area (Å²) in [5.41, 5.74) is 2.19. The van der Waals surface area contributed by atoms with Crippen LogP contribution >= 0.6 is 0 Å². The van der Waals surface area contributed by atoms with E-state index in [4.69, 9.17) is 15.4 Å². The van der Waals surface area contributed by atoms with Crippen molar-refractivity contribution in [2.24, 2.45) is 5.84 Å². The van der Waals surface area contributed by atoms with Crippen molar-refractivity contribution in [3.8, 4) is 0 Å². The summed E-state index contributed by atoms with van der Waals surface area (Å²) in [5.74, 6) is 5.00. The lowest BCUT2D eigenvalue weighted by Crippen LogP contribution is -2.46. The van der Waals surface area contributed by atoms with Gasteiger partial charge in [0.25, 0.3) is 0 Å². The van der Waals surface area contributed by atoms with Gasteiger partial charge in [-0.05, 0) is 26.7 Å². The molecule has 0 heterocycles. The first kappa shape index (κ1) is 8.93. The molecule has 0 amide bonds. The zero-order valence-electron chi connectivity index (χ0n) is 7.04. The third kappa shape index (κ3) is 2.41. The van der Waals surface area contributed by atoms with E-state index >= 15 is 0 Å². The molecular formula is C7H16N2O2. The van der Waals surface area contributed by atoms with Crippen molar-refractivity contribution in [2.75, 3.05) is 0 Å². The molecule has 0 aliphatic heterocycles. The fourth-order valence-electron chi connectivity index (χ4n) is 1.17. The predicted octanol–water partition coefficient (Wildman–Crippen LogP) is 0.337. The molecule has 1 fully saturated rings. The average Bonchev–Trinajstić information content (AvgIpc) is 1.93. The van der Waals surface area contributed by atoms with Gasteiger partial charge in [0.2, 0.25) is 0 Å². The number of rotatable bonds is 4. The normalized spacial score (nSPS) is 30.5. The highest BCUT2D eigenvalue weighted by atomic mass is 16.7. The quantitative estimate of drug-likeness (QED) is 0.460. The van der Waals surface area contributed by atoms with Gasteiger partial charge in [0.1, 0.15) is 6.10 Å². The standard InChI is InChI=1S/C7H16N2O2/c1-5(2)10-6-3-4-7(6)11-9-8/h5-7,9H,3-4,8H2,1-2H3/t6-,7-/m0/s1. The number of hydrazine groups is 1. The molecule has 0 bridgehead atoms. The molecule has 1 aliphatic rings. The summed E-state index contributed by atoms with van der Waals surface area (Å²) in [5, 5.41) is 0. The van der Waals surface area contributed by atoms with Gasteiger partial charge in [0.15, 0.2) is 0 Å². The first-order valence-electron chi connectivity index (χ1n) is 4.00. The smallest absolute Gasteiger partial charge is 0.107 e. The summed E-state index contributed by atoms with van der Waals surface area (Å²) < 4.78 is 5.53. The number of ether oxygens (including phenoxy) is 1. The Balaban J connectivity index is 2.15. The second kappa shape index (κ2) is 4.01. The molecular weight excluding hydrogens is 144 g/mol. The first-order chi connectivity index (χ1) is 5.24. The van der Waals surface area contributed by atoms with Crippen LogP contribution in [0.2, 0.25) is 0 Å². The molecule has 66 valence electrons. The predicted molar refractivity (Wildman–Crippen MR) is 41.4 cm³/mol. The molecule has 0 aromatic carbocycles. The Morgan fingerprint density at radius 2 is 2.00 bits per heavy atom. The highest BCUT2D eigenvalue weighted by Gasteiger charge is 2.33. The van der Waals surface area contributed by atoms with Crippen molar-refractivity contribution < 1.29 is 9.57 Å². The van der Waals surface area contributed by atoms with Gasteiger partial charge in [-0.25, -0.2) is 5.84 Å². The van der Waals surface area contributed by atoms with Crippen LogP contribution < -0.4 is 11.4 Å². The van der Waals surface area contributed by atoms with E-state index in [1.807, 2.05) is 13.8 Å². The van der Waals surface area contributed by atoms with Crippen LogP contribution in [0.4, 0.5) is 0 Å². The fraction of sp³-hybridized carbons (Fsp3) is 1.00.